The number of carbonyl (C=O) groups is 2. The third-order valence-electron chi connectivity index (χ3n) is 4.77. The van der Waals surface area contributed by atoms with Gasteiger partial charge in [0.1, 0.15) is 9.71 Å². The number of rotatable bonds is 4. The Morgan fingerprint density at radius 1 is 1.17 bits per heavy atom. The standard InChI is InChI=1S/C21H23N3O4S/c1-10-7-11(2)16(12(3)8-10)23-18(25)14(5)28-21(27)17-13(4)15-19(29-17)22-9-24(6)20(15)26/h7-9,14H,1-6H3,(H,23,25). The lowest BCUT2D eigenvalue weighted by molar-refractivity contribution is -0.123. The van der Waals surface area contributed by atoms with E-state index in [1.807, 2.05) is 32.9 Å². The first-order valence-corrected chi connectivity index (χ1v) is 9.96. The average molecular weight is 413 g/mol. The highest BCUT2D eigenvalue weighted by Gasteiger charge is 2.25. The molecule has 1 N–H and O–H groups in total. The van der Waals surface area contributed by atoms with E-state index in [2.05, 4.69) is 10.3 Å². The summed E-state index contributed by atoms with van der Waals surface area (Å²) in [5.41, 5.74) is 4.00. The third-order valence-corrected chi connectivity index (χ3v) is 5.95. The number of carbonyl (C=O) groups excluding carboxylic acids is 2. The molecule has 2 aromatic heterocycles. The molecule has 152 valence electrons. The maximum Gasteiger partial charge on any atom is 0.349 e. The lowest BCUT2D eigenvalue weighted by Crippen LogP contribution is -2.30. The van der Waals surface area contributed by atoms with Gasteiger partial charge in [-0.05, 0) is 51.3 Å². The van der Waals surface area contributed by atoms with Crippen molar-refractivity contribution < 1.29 is 14.3 Å². The van der Waals surface area contributed by atoms with Crippen LogP contribution in [0.25, 0.3) is 10.2 Å². The fourth-order valence-corrected chi connectivity index (χ4v) is 4.30. The van der Waals surface area contributed by atoms with Crippen LogP contribution in [0.15, 0.2) is 23.3 Å². The van der Waals surface area contributed by atoms with Crippen LogP contribution in [0.2, 0.25) is 0 Å². The molecular weight excluding hydrogens is 390 g/mol. The van der Waals surface area contributed by atoms with Gasteiger partial charge in [-0.1, -0.05) is 17.7 Å². The van der Waals surface area contributed by atoms with E-state index in [-0.39, 0.29) is 10.4 Å². The van der Waals surface area contributed by atoms with Crippen LogP contribution in [0.5, 0.6) is 0 Å². The first kappa shape index (κ1) is 20.7. The number of thiophene rings is 1. The van der Waals surface area contributed by atoms with Crippen molar-refractivity contribution in [3.63, 3.8) is 0 Å². The Hall–Kier alpha value is -3.00. The molecule has 8 heteroatoms. The lowest BCUT2D eigenvalue weighted by Gasteiger charge is -2.16. The zero-order valence-corrected chi connectivity index (χ0v) is 18.1. The summed E-state index contributed by atoms with van der Waals surface area (Å²) in [6, 6.07) is 3.96. The summed E-state index contributed by atoms with van der Waals surface area (Å²) in [5.74, 6) is -1.06. The van der Waals surface area contributed by atoms with E-state index >= 15 is 0 Å². The highest BCUT2D eigenvalue weighted by atomic mass is 32.1. The molecule has 1 amide bonds. The van der Waals surface area contributed by atoms with Crippen molar-refractivity contribution in [2.24, 2.45) is 7.05 Å². The Balaban J connectivity index is 1.80. The van der Waals surface area contributed by atoms with Gasteiger partial charge in [0.25, 0.3) is 11.5 Å². The maximum absolute atomic E-state index is 12.6. The fraction of sp³-hybridized carbons (Fsp3) is 0.333. The number of amides is 1. The van der Waals surface area contributed by atoms with E-state index in [9.17, 15) is 14.4 Å². The monoisotopic (exact) mass is 413 g/mol. The van der Waals surface area contributed by atoms with E-state index in [0.29, 0.717) is 21.5 Å². The number of nitrogens with zero attached hydrogens (tertiary/aromatic N) is 2. The number of fused-ring (bicyclic) bond motifs is 1. The van der Waals surface area contributed by atoms with Crippen molar-refractivity contribution in [2.45, 2.75) is 40.7 Å². The van der Waals surface area contributed by atoms with Crippen LogP contribution >= 0.6 is 11.3 Å². The second kappa shape index (κ2) is 7.79. The van der Waals surface area contributed by atoms with Gasteiger partial charge in [0.2, 0.25) is 0 Å². The van der Waals surface area contributed by atoms with Gasteiger partial charge >= 0.3 is 5.97 Å². The van der Waals surface area contributed by atoms with E-state index < -0.39 is 18.0 Å². The second-order valence-electron chi connectivity index (χ2n) is 7.21. The molecule has 0 aliphatic carbocycles. The summed E-state index contributed by atoms with van der Waals surface area (Å²) in [6.07, 6.45) is 0.417. The smallest absolute Gasteiger partial charge is 0.349 e. The Kier molecular flexibility index (Phi) is 5.57. The normalized spacial score (nSPS) is 12.1. The zero-order chi connectivity index (χ0) is 21.5. The number of nitrogens with one attached hydrogen (secondary N) is 1. The molecule has 0 fully saturated rings. The summed E-state index contributed by atoms with van der Waals surface area (Å²) in [5, 5.41) is 3.24. The first-order chi connectivity index (χ1) is 13.6. The number of anilines is 1. The topological polar surface area (TPSA) is 90.3 Å². The number of ether oxygens (including phenoxy) is 1. The highest BCUT2D eigenvalue weighted by Crippen LogP contribution is 2.28. The fourth-order valence-electron chi connectivity index (χ4n) is 3.27. The quantitative estimate of drug-likeness (QED) is 0.662. The molecule has 0 saturated heterocycles. The van der Waals surface area contributed by atoms with Crippen molar-refractivity contribution in [3.05, 3.63) is 55.9 Å². The number of hydrogen-bond donors (Lipinski definition) is 1. The molecule has 0 aliphatic rings. The number of hydrogen-bond acceptors (Lipinski definition) is 6. The van der Waals surface area contributed by atoms with Crippen LogP contribution in [0.1, 0.15) is 38.8 Å². The Morgan fingerprint density at radius 2 is 1.79 bits per heavy atom. The van der Waals surface area contributed by atoms with E-state index in [1.54, 1.807) is 14.0 Å². The van der Waals surface area contributed by atoms with Crippen LogP contribution in [0.3, 0.4) is 0 Å². The second-order valence-corrected chi connectivity index (χ2v) is 8.21. The number of aromatic nitrogens is 2. The van der Waals surface area contributed by atoms with Gasteiger partial charge in [0.15, 0.2) is 6.10 Å². The Morgan fingerprint density at radius 3 is 2.41 bits per heavy atom. The number of benzene rings is 1. The molecule has 0 spiro atoms. The van der Waals surface area contributed by atoms with E-state index in [4.69, 9.17) is 4.74 Å². The number of aryl methyl sites for hydroxylation is 5. The highest BCUT2D eigenvalue weighted by molar-refractivity contribution is 7.20. The molecule has 1 atom stereocenters. The van der Waals surface area contributed by atoms with E-state index in [0.717, 1.165) is 28.0 Å². The van der Waals surface area contributed by atoms with Crippen molar-refractivity contribution in [2.75, 3.05) is 5.32 Å². The van der Waals surface area contributed by atoms with Crippen LogP contribution in [-0.2, 0) is 16.6 Å². The third kappa shape index (κ3) is 3.93. The minimum Gasteiger partial charge on any atom is -0.448 e. The summed E-state index contributed by atoms with van der Waals surface area (Å²) in [7, 11) is 1.60. The molecule has 0 bridgehead atoms. The van der Waals surface area contributed by atoms with Crippen molar-refractivity contribution >= 4 is 39.1 Å². The summed E-state index contributed by atoms with van der Waals surface area (Å²) in [4.78, 5) is 42.5. The maximum atomic E-state index is 12.6. The van der Waals surface area contributed by atoms with Crippen LogP contribution < -0.4 is 10.9 Å². The SMILES string of the molecule is Cc1cc(C)c(NC(=O)C(C)OC(=O)c2sc3ncn(C)c(=O)c3c2C)c(C)c1. The molecule has 29 heavy (non-hydrogen) atoms. The summed E-state index contributed by atoms with van der Waals surface area (Å²) < 4.78 is 6.74. The first-order valence-electron chi connectivity index (χ1n) is 9.14. The molecular formula is C21H23N3O4S. The molecule has 0 saturated carbocycles. The largest absolute Gasteiger partial charge is 0.448 e. The van der Waals surface area contributed by atoms with Gasteiger partial charge in [-0.2, -0.15) is 0 Å². The van der Waals surface area contributed by atoms with Gasteiger partial charge in [-0.3, -0.25) is 9.59 Å². The van der Waals surface area contributed by atoms with Gasteiger partial charge in [-0.15, -0.1) is 11.3 Å². The summed E-state index contributed by atoms with van der Waals surface area (Å²) >= 11 is 1.09. The van der Waals surface area contributed by atoms with Crippen LogP contribution in [0.4, 0.5) is 5.69 Å². The van der Waals surface area contributed by atoms with E-state index in [1.165, 1.54) is 17.8 Å². The van der Waals surface area contributed by atoms with Crippen LogP contribution in [0, 0.1) is 27.7 Å². The van der Waals surface area contributed by atoms with Crippen molar-refractivity contribution in [1.82, 2.24) is 9.55 Å². The van der Waals surface area contributed by atoms with Crippen LogP contribution in [-0.4, -0.2) is 27.5 Å². The van der Waals surface area contributed by atoms with Crippen molar-refractivity contribution in [1.29, 1.82) is 0 Å². The lowest BCUT2D eigenvalue weighted by atomic mass is 10.0. The van der Waals surface area contributed by atoms with Crippen molar-refractivity contribution in [3.8, 4) is 0 Å². The zero-order valence-electron chi connectivity index (χ0n) is 17.2. The Bertz CT molecular complexity index is 1170. The van der Waals surface area contributed by atoms with Gasteiger partial charge < -0.3 is 14.6 Å². The predicted octanol–water partition coefficient (Wildman–Crippen LogP) is 3.41. The van der Waals surface area contributed by atoms with Gasteiger partial charge in [0, 0.05) is 12.7 Å². The minimum atomic E-state index is -0.997. The molecule has 1 unspecified atom stereocenters. The predicted molar refractivity (Wildman–Crippen MR) is 114 cm³/mol. The molecule has 3 aromatic rings. The Labute approximate surface area is 172 Å². The molecule has 7 nitrogen and oxygen atoms in total. The number of esters is 1. The molecule has 3 rings (SSSR count). The molecule has 1 aromatic carbocycles. The molecule has 2 heterocycles. The van der Waals surface area contributed by atoms with Gasteiger partial charge in [0.05, 0.1) is 11.7 Å². The van der Waals surface area contributed by atoms with Gasteiger partial charge in [-0.25, -0.2) is 9.78 Å². The summed E-state index contributed by atoms with van der Waals surface area (Å²) in [6.45, 7) is 9.03. The molecule has 0 aliphatic heterocycles. The minimum absolute atomic E-state index is 0.223. The molecule has 0 radical (unpaired) electrons. The average Bonchev–Trinajstić information content (AvgIpc) is 2.98.